The van der Waals surface area contributed by atoms with Gasteiger partial charge in [0.2, 0.25) is 5.91 Å². The van der Waals surface area contributed by atoms with E-state index in [1.54, 1.807) is 0 Å². The van der Waals surface area contributed by atoms with Crippen LogP contribution in [0.4, 0.5) is 0 Å². The molecular weight excluding hydrogens is 342 g/mol. The number of hydrogen-bond acceptors (Lipinski definition) is 3. The molecule has 152 valence electrons. The molecule has 25 heavy (non-hydrogen) atoms. The van der Waals surface area contributed by atoms with E-state index in [9.17, 15) is 4.79 Å². The van der Waals surface area contributed by atoms with Crippen molar-refractivity contribution in [3.63, 3.8) is 0 Å². The zero-order valence-electron chi connectivity index (χ0n) is 16.1. The van der Waals surface area contributed by atoms with E-state index in [0.717, 1.165) is 19.3 Å². The van der Waals surface area contributed by atoms with Crippen LogP contribution < -0.4 is 5.73 Å². The Kier molecular flexibility index (Phi) is 19.3. The third-order valence-electron chi connectivity index (χ3n) is 4.20. The van der Waals surface area contributed by atoms with Gasteiger partial charge in [-0.15, -0.1) is 0 Å². The molecule has 0 rings (SSSR count). The molecule has 0 aromatic heterocycles. The summed E-state index contributed by atoms with van der Waals surface area (Å²) in [6.45, 7) is 4.39. The normalized spacial score (nSPS) is 12.3. The lowest BCUT2D eigenvalue weighted by atomic mass is 9.95. The van der Waals surface area contributed by atoms with Crippen molar-refractivity contribution in [3.8, 4) is 0 Å². The maximum Gasteiger partial charge on any atom is 0.394 e. The second-order valence-corrected chi connectivity index (χ2v) is 7.56. The van der Waals surface area contributed by atoms with Crippen molar-refractivity contribution in [1.82, 2.24) is 0 Å². The number of carbonyl (C=O) groups excluding carboxylic acids is 1. The average molecular weight is 382 g/mol. The standard InChI is InChI=1S/C18H37NO.H2O4S/c1-3-5-6-7-8-9-10-11-12-13-14-16-17(15-4-2)18(19)20;1-5(2,3)4/h17H,3-16H2,1-2H3,(H2,19,20);(H2,1,2,3,4). The molecule has 1 unspecified atom stereocenters. The van der Waals surface area contributed by atoms with E-state index in [4.69, 9.17) is 23.3 Å². The van der Waals surface area contributed by atoms with Crippen LogP contribution in [0.5, 0.6) is 0 Å². The Morgan fingerprint density at radius 3 is 1.44 bits per heavy atom. The number of primary amides is 1. The fraction of sp³-hybridized carbons (Fsp3) is 0.944. The number of rotatable bonds is 15. The highest BCUT2D eigenvalue weighted by atomic mass is 32.3. The van der Waals surface area contributed by atoms with E-state index in [1.807, 2.05) is 0 Å². The van der Waals surface area contributed by atoms with E-state index in [2.05, 4.69) is 13.8 Å². The van der Waals surface area contributed by atoms with Crippen molar-refractivity contribution in [2.75, 3.05) is 0 Å². The maximum atomic E-state index is 11.2. The largest absolute Gasteiger partial charge is 0.394 e. The van der Waals surface area contributed by atoms with Gasteiger partial charge < -0.3 is 5.73 Å². The van der Waals surface area contributed by atoms with Crippen LogP contribution in [0.25, 0.3) is 0 Å². The quantitative estimate of drug-likeness (QED) is 0.274. The first-order valence-electron chi connectivity index (χ1n) is 9.71. The lowest BCUT2D eigenvalue weighted by Crippen LogP contribution is -2.23. The van der Waals surface area contributed by atoms with E-state index < -0.39 is 10.4 Å². The molecule has 0 saturated carbocycles. The fourth-order valence-corrected chi connectivity index (χ4v) is 2.83. The smallest absolute Gasteiger partial charge is 0.369 e. The molecule has 0 aromatic rings. The van der Waals surface area contributed by atoms with Crippen LogP contribution in [-0.2, 0) is 15.2 Å². The third-order valence-corrected chi connectivity index (χ3v) is 4.20. The Bertz CT molecular complexity index is 390. The minimum absolute atomic E-state index is 0.0982. The lowest BCUT2D eigenvalue weighted by molar-refractivity contribution is -0.122. The van der Waals surface area contributed by atoms with Crippen molar-refractivity contribution >= 4 is 16.3 Å². The molecule has 0 aliphatic rings. The van der Waals surface area contributed by atoms with E-state index in [0.29, 0.717) is 0 Å². The van der Waals surface area contributed by atoms with E-state index in [-0.39, 0.29) is 11.8 Å². The minimum Gasteiger partial charge on any atom is -0.369 e. The minimum atomic E-state index is -4.67. The fourth-order valence-electron chi connectivity index (χ4n) is 2.83. The molecule has 0 radical (unpaired) electrons. The molecule has 0 aromatic carbocycles. The van der Waals surface area contributed by atoms with Gasteiger partial charge in [-0.05, 0) is 12.8 Å². The Morgan fingerprint density at radius 2 is 1.12 bits per heavy atom. The number of amides is 1. The van der Waals surface area contributed by atoms with Crippen molar-refractivity contribution in [2.24, 2.45) is 11.7 Å². The average Bonchev–Trinajstić information content (AvgIpc) is 2.49. The molecule has 4 N–H and O–H groups in total. The van der Waals surface area contributed by atoms with Crippen molar-refractivity contribution in [1.29, 1.82) is 0 Å². The predicted molar refractivity (Wildman–Crippen MR) is 103 cm³/mol. The molecule has 7 heteroatoms. The molecule has 1 amide bonds. The summed E-state index contributed by atoms with van der Waals surface area (Å²) >= 11 is 0. The van der Waals surface area contributed by atoms with Gasteiger partial charge in [-0.2, -0.15) is 8.42 Å². The van der Waals surface area contributed by atoms with Crippen molar-refractivity contribution < 1.29 is 22.3 Å². The van der Waals surface area contributed by atoms with E-state index >= 15 is 0 Å². The molecule has 0 bridgehead atoms. The molecule has 0 saturated heterocycles. The summed E-state index contributed by atoms with van der Waals surface area (Å²) in [6.07, 6.45) is 17.9. The monoisotopic (exact) mass is 381 g/mol. The number of hydrogen-bond donors (Lipinski definition) is 3. The highest BCUT2D eigenvalue weighted by molar-refractivity contribution is 7.79. The predicted octanol–water partition coefficient (Wildman–Crippen LogP) is 4.94. The van der Waals surface area contributed by atoms with Gasteiger partial charge in [0, 0.05) is 5.92 Å². The molecule has 0 fully saturated rings. The van der Waals surface area contributed by atoms with Crippen LogP contribution in [0.15, 0.2) is 0 Å². The van der Waals surface area contributed by atoms with Crippen LogP contribution in [0.2, 0.25) is 0 Å². The molecule has 6 nitrogen and oxygen atoms in total. The summed E-state index contributed by atoms with van der Waals surface area (Å²) < 4.78 is 31.6. The first-order chi connectivity index (χ1) is 11.7. The third kappa shape index (κ3) is 28.4. The number of carbonyl (C=O) groups is 1. The molecule has 1 atom stereocenters. The van der Waals surface area contributed by atoms with Crippen LogP contribution >= 0.6 is 0 Å². The van der Waals surface area contributed by atoms with Gasteiger partial charge in [0.15, 0.2) is 0 Å². The van der Waals surface area contributed by atoms with Gasteiger partial charge in [0.1, 0.15) is 0 Å². The van der Waals surface area contributed by atoms with Crippen LogP contribution in [0.1, 0.15) is 104 Å². The Hall–Kier alpha value is -0.660. The first-order valence-corrected chi connectivity index (χ1v) is 11.1. The van der Waals surface area contributed by atoms with Gasteiger partial charge in [0.05, 0.1) is 0 Å². The van der Waals surface area contributed by atoms with Gasteiger partial charge in [-0.25, -0.2) is 0 Å². The van der Waals surface area contributed by atoms with Crippen molar-refractivity contribution in [3.05, 3.63) is 0 Å². The first kappa shape index (κ1) is 26.6. The summed E-state index contributed by atoms with van der Waals surface area (Å²) in [5.74, 6) is 0.0255. The SMILES string of the molecule is CCCCCCCCCCCCCC(CCC)C(N)=O.O=S(=O)(O)O. The Balaban J connectivity index is 0. The molecule has 0 aliphatic heterocycles. The lowest BCUT2D eigenvalue weighted by Gasteiger charge is -2.11. The van der Waals surface area contributed by atoms with Gasteiger partial charge in [-0.1, -0.05) is 90.9 Å². The van der Waals surface area contributed by atoms with Gasteiger partial charge in [-0.3, -0.25) is 13.9 Å². The van der Waals surface area contributed by atoms with Crippen molar-refractivity contribution in [2.45, 2.75) is 104 Å². The molecule has 0 aliphatic carbocycles. The highest BCUT2D eigenvalue weighted by Crippen LogP contribution is 2.17. The highest BCUT2D eigenvalue weighted by Gasteiger charge is 2.12. The molecule has 0 spiro atoms. The molecule has 0 heterocycles. The van der Waals surface area contributed by atoms with Crippen LogP contribution in [0.3, 0.4) is 0 Å². The zero-order chi connectivity index (χ0) is 19.6. The summed E-state index contributed by atoms with van der Waals surface area (Å²) in [6, 6.07) is 0. The molecular formula is C18H39NO5S. The second-order valence-electron chi connectivity index (χ2n) is 6.66. The van der Waals surface area contributed by atoms with Gasteiger partial charge in [0.25, 0.3) is 0 Å². The van der Waals surface area contributed by atoms with Crippen LogP contribution in [0, 0.1) is 5.92 Å². The Labute approximate surface area is 154 Å². The van der Waals surface area contributed by atoms with E-state index in [1.165, 1.54) is 70.6 Å². The maximum absolute atomic E-state index is 11.2. The Morgan fingerprint density at radius 1 is 0.760 bits per heavy atom. The van der Waals surface area contributed by atoms with Gasteiger partial charge >= 0.3 is 10.4 Å². The number of nitrogens with two attached hydrogens (primary N) is 1. The summed E-state index contributed by atoms with van der Waals surface area (Å²) in [4.78, 5) is 11.2. The van der Waals surface area contributed by atoms with Crippen LogP contribution in [-0.4, -0.2) is 23.4 Å². The topological polar surface area (TPSA) is 118 Å². The zero-order valence-corrected chi connectivity index (χ0v) is 16.9. The summed E-state index contributed by atoms with van der Waals surface area (Å²) in [5.41, 5.74) is 5.41. The number of unbranched alkanes of at least 4 members (excludes halogenated alkanes) is 10. The summed E-state index contributed by atoms with van der Waals surface area (Å²) in [7, 11) is -4.67. The second kappa shape index (κ2) is 18.1. The summed E-state index contributed by atoms with van der Waals surface area (Å²) in [5, 5.41) is 0.